The van der Waals surface area contributed by atoms with Gasteiger partial charge in [0.15, 0.2) is 11.6 Å². The first-order valence-electron chi connectivity index (χ1n) is 7.29. The van der Waals surface area contributed by atoms with Crippen LogP contribution in [0, 0.1) is 0 Å². The number of benzene rings is 1. The van der Waals surface area contributed by atoms with Crippen molar-refractivity contribution < 1.29 is 9.53 Å². The van der Waals surface area contributed by atoms with E-state index in [1.807, 2.05) is 24.3 Å². The first kappa shape index (κ1) is 15.8. The number of rotatable bonds is 6. The third-order valence-electron chi connectivity index (χ3n) is 3.08. The second-order valence-electron chi connectivity index (χ2n) is 4.62. The van der Waals surface area contributed by atoms with Crippen molar-refractivity contribution in [1.29, 1.82) is 0 Å². The van der Waals surface area contributed by atoms with E-state index in [4.69, 9.17) is 4.74 Å². The van der Waals surface area contributed by atoms with E-state index in [0.717, 1.165) is 18.9 Å². The topological polar surface area (TPSA) is 67.3 Å². The normalized spacial score (nSPS) is 10.1. The molecule has 0 fully saturated rings. The summed E-state index contributed by atoms with van der Waals surface area (Å²) in [4.78, 5) is 13.4. The maximum absolute atomic E-state index is 11.3. The molecule has 1 amide bonds. The number of nitrogens with one attached hydrogen (secondary N) is 1. The van der Waals surface area contributed by atoms with Crippen molar-refractivity contribution >= 4 is 17.7 Å². The zero-order chi connectivity index (χ0) is 15.8. The third kappa shape index (κ3) is 4.44. The van der Waals surface area contributed by atoms with E-state index in [1.165, 1.54) is 5.56 Å². The van der Waals surface area contributed by atoms with E-state index in [0.29, 0.717) is 12.4 Å². The van der Waals surface area contributed by atoms with Gasteiger partial charge in [0.25, 0.3) is 0 Å². The summed E-state index contributed by atoms with van der Waals surface area (Å²) in [5, 5.41) is 10.7. The van der Waals surface area contributed by atoms with Gasteiger partial charge in [-0.25, -0.2) is 4.79 Å². The van der Waals surface area contributed by atoms with Crippen LogP contribution < -0.4 is 10.2 Å². The van der Waals surface area contributed by atoms with Gasteiger partial charge in [-0.15, -0.1) is 10.2 Å². The molecule has 6 nitrogen and oxygen atoms in total. The van der Waals surface area contributed by atoms with Gasteiger partial charge in [-0.05, 0) is 31.5 Å². The molecule has 0 aliphatic carbocycles. The van der Waals surface area contributed by atoms with Crippen molar-refractivity contribution in [1.82, 2.24) is 10.2 Å². The van der Waals surface area contributed by atoms with Crippen LogP contribution in [0.15, 0.2) is 42.5 Å². The summed E-state index contributed by atoms with van der Waals surface area (Å²) in [5.41, 5.74) is 1.21. The quantitative estimate of drug-likeness (QED) is 0.888. The average molecular weight is 300 g/mol. The van der Waals surface area contributed by atoms with Crippen molar-refractivity contribution in [2.75, 3.05) is 23.4 Å². The monoisotopic (exact) mass is 300 g/mol. The third-order valence-corrected chi connectivity index (χ3v) is 3.08. The summed E-state index contributed by atoms with van der Waals surface area (Å²) in [6.45, 7) is 5.70. The van der Waals surface area contributed by atoms with E-state index in [-0.39, 0.29) is 0 Å². The Labute approximate surface area is 130 Å². The second kappa shape index (κ2) is 7.97. The minimum absolute atomic E-state index is 0.317. The summed E-state index contributed by atoms with van der Waals surface area (Å²) in [5.74, 6) is 1.14. The van der Waals surface area contributed by atoms with E-state index in [2.05, 4.69) is 39.5 Å². The summed E-state index contributed by atoms with van der Waals surface area (Å²) in [6, 6.07) is 13.7. The van der Waals surface area contributed by atoms with Crippen molar-refractivity contribution in [3.05, 3.63) is 48.0 Å². The lowest BCUT2D eigenvalue weighted by Gasteiger charge is -2.21. The maximum Gasteiger partial charge on any atom is 0.412 e. The number of carbonyl (C=O) groups excluding carboxylic acids is 1. The standard InChI is InChI=1S/C16H20N4O2/c1-3-20(12-13-8-6-5-7-9-13)15-11-10-14(18-19-15)17-16(21)22-4-2/h5-11H,3-4,12H2,1-2H3,(H,17,18,21). The highest BCUT2D eigenvalue weighted by molar-refractivity contribution is 5.83. The van der Waals surface area contributed by atoms with Crippen LogP contribution in [0.1, 0.15) is 19.4 Å². The number of nitrogens with zero attached hydrogens (tertiary/aromatic N) is 3. The van der Waals surface area contributed by atoms with E-state index in [9.17, 15) is 4.79 Å². The highest BCUT2D eigenvalue weighted by Crippen LogP contribution is 2.15. The largest absolute Gasteiger partial charge is 0.450 e. The highest BCUT2D eigenvalue weighted by Gasteiger charge is 2.09. The lowest BCUT2D eigenvalue weighted by molar-refractivity contribution is 0.168. The lowest BCUT2D eigenvalue weighted by atomic mass is 10.2. The van der Waals surface area contributed by atoms with Gasteiger partial charge in [-0.1, -0.05) is 30.3 Å². The second-order valence-corrected chi connectivity index (χ2v) is 4.62. The molecular formula is C16H20N4O2. The van der Waals surface area contributed by atoms with Gasteiger partial charge in [0, 0.05) is 13.1 Å². The molecule has 1 heterocycles. The van der Waals surface area contributed by atoms with Gasteiger partial charge in [-0.3, -0.25) is 5.32 Å². The van der Waals surface area contributed by atoms with Crippen molar-refractivity contribution in [3.63, 3.8) is 0 Å². The van der Waals surface area contributed by atoms with Crippen molar-refractivity contribution in [2.45, 2.75) is 20.4 Å². The Balaban J connectivity index is 2.02. The molecule has 0 unspecified atom stereocenters. The molecule has 0 bridgehead atoms. The number of amides is 1. The van der Waals surface area contributed by atoms with Crippen LogP contribution in [0.3, 0.4) is 0 Å². The summed E-state index contributed by atoms with van der Waals surface area (Å²) in [7, 11) is 0. The number of carbonyl (C=O) groups is 1. The molecule has 22 heavy (non-hydrogen) atoms. The molecule has 2 aromatic rings. The molecule has 116 valence electrons. The van der Waals surface area contributed by atoms with E-state index in [1.54, 1.807) is 13.0 Å². The number of aromatic nitrogens is 2. The molecule has 0 saturated heterocycles. The number of hydrogen-bond donors (Lipinski definition) is 1. The van der Waals surface area contributed by atoms with Gasteiger partial charge in [0.1, 0.15) is 0 Å². The molecule has 1 aromatic heterocycles. The Kier molecular flexibility index (Phi) is 5.71. The molecule has 0 aliphatic rings. The Morgan fingerprint density at radius 3 is 2.50 bits per heavy atom. The van der Waals surface area contributed by atoms with Crippen molar-refractivity contribution in [2.24, 2.45) is 0 Å². The Hall–Kier alpha value is -2.63. The van der Waals surface area contributed by atoms with Gasteiger partial charge < -0.3 is 9.64 Å². The Bertz CT molecular complexity index is 587. The molecule has 0 saturated carbocycles. The predicted molar refractivity (Wildman–Crippen MR) is 85.8 cm³/mol. The molecule has 0 radical (unpaired) electrons. The zero-order valence-electron chi connectivity index (χ0n) is 12.8. The molecule has 1 aromatic carbocycles. The minimum Gasteiger partial charge on any atom is -0.450 e. The zero-order valence-corrected chi connectivity index (χ0v) is 12.8. The highest BCUT2D eigenvalue weighted by atomic mass is 16.5. The molecule has 0 spiro atoms. The number of anilines is 2. The molecule has 1 N–H and O–H groups in total. The van der Waals surface area contributed by atoms with Crippen LogP contribution in [-0.2, 0) is 11.3 Å². The van der Waals surface area contributed by atoms with Crippen LogP contribution in [-0.4, -0.2) is 29.4 Å². The van der Waals surface area contributed by atoms with E-state index < -0.39 is 6.09 Å². The Morgan fingerprint density at radius 1 is 1.14 bits per heavy atom. The van der Waals surface area contributed by atoms with E-state index >= 15 is 0 Å². The SMILES string of the molecule is CCOC(=O)Nc1ccc(N(CC)Cc2ccccc2)nn1. The summed E-state index contributed by atoms with van der Waals surface area (Å²) in [6.07, 6.45) is -0.527. The fourth-order valence-electron chi connectivity index (χ4n) is 1.99. The first-order valence-corrected chi connectivity index (χ1v) is 7.29. The maximum atomic E-state index is 11.3. The fraction of sp³-hybridized carbons (Fsp3) is 0.312. The van der Waals surface area contributed by atoms with Crippen LogP contribution >= 0.6 is 0 Å². The lowest BCUT2D eigenvalue weighted by Crippen LogP contribution is -2.23. The summed E-state index contributed by atoms with van der Waals surface area (Å²) >= 11 is 0. The van der Waals surface area contributed by atoms with Crippen molar-refractivity contribution in [3.8, 4) is 0 Å². The molecular weight excluding hydrogens is 280 g/mol. The molecule has 0 atom stereocenters. The van der Waals surface area contributed by atoms with Gasteiger partial charge in [0.05, 0.1) is 6.61 Å². The van der Waals surface area contributed by atoms with Crippen LogP contribution in [0.5, 0.6) is 0 Å². The smallest absolute Gasteiger partial charge is 0.412 e. The molecule has 2 rings (SSSR count). The van der Waals surface area contributed by atoms with Gasteiger partial charge in [-0.2, -0.15) is 0 Å². The predicted octanol–water partition coefficient (Wildman–Crippen LogP) is 3.07. The molecule has 0 aliphatic heterocycles. The number of ether oxygens (including phenoxy) is 1. The van der Waals surface area contributed by atoms with Crippen LogP contribution in [0.4, 0.5) is 16.4 Å². The average Bonchev–Trinajstić information content (AvgIpc) is 2.55. The van der Waals surface area contributed by atoms with Gasteiger partial charge in [0.2, 0.25) is 0 Å². The first-order chi connectivity index (χ1) is 10.7. The Morgan fingerprint density at radius 2 is 1.91 bits per heavy atom. The number of hydrogen-bond acceptors (Lipinski definition) is 5. The minimum atomic E-state index is -0.527. The summed E-state index contributed by atoms with van der Waals surface area (Å²) < 4.78 is 4.80. The molecule has 6 heteroatoms. The van der Waals surface area contributed by atoms with Crippen LogP contribution in [0.2, 0.25) is 0 Å². The van der Waals surface area contributed by atoms with Gasteiger partial charge >= 0.3 is 6.09 Å². The fourth-order valence-corrected chi connectivity index (χ4v) is 1.99. The van der Waals surface area contributed by atoms with Crippen LogP contribution in [0.25, 0.3) is 0 Å².